The maximum Gasteiger partial charge on any atom is 0.355 e. The van der Waals surface area contributed by atoms with Gasteiger partial charge in [-0.2, -0.15) is 0 Å². The van der Waals surface area contributed by atoms with Crippen LogP contribution < -0.4 is 0 Å². The zero-order chi connectivity index (χ0) is 19.5. The van der Waals surface area contributed by atoms with Gasteiger partial charge < -0.3 is 5.11 Å². The number of hydrogen-bond donors (Lipinski definition) is 1. The number of thiazole rings is 1. The Labute approximate surface area is 169 Å². The monoisotopic (exact) mass is 409 g/mol. The molecule has 0 aliphatic carbocycles. The predicted octanol–water partition coefficient (Wildman–Crippen LogP) is 4.08. The minimum Gasteiger partial charge on any atom is -0.476 e. The molecule has 0 spiro atoms. The molecular formula is C19H15N5O2S2. The Morgan fingerprint density at radius 2 is 2.07 bits per heavy atom. The van der Waals surface area contributed by atoms with Gasteiger partial charge in [0.2, 0.25) is 0 Å². The van der Waals surface area contributed by atoms with E-state index in [1.54, 1.807) is 17.8 Å². The number of benzene rings is 1. The number of rotatable bonds is 6. The quantitative estimate of drug-likeness (QED) is 0.479. The summed E-state index contributed by atoms with van der Waals surface area (Å²) in [5.74, 6) is 0.194. The lowest BCUT2D eigenvalue weighted by Crippen LogP contribution is -2.02. The SMILES string of the molecule is Cc1ccccc1-n1c(SCc2nc(C(=O)O)cs2)nnc1-c1cccnc1. The zero-order valence-corrected chi connectivity index (χ0v) is 16.4. The number of thioether (sulfide) groups is 1. The number of aromatic carboxylic acids is 1. The Morgan fingerprint density at radius 1 is 1.21 bits per heavy atom. The lowest BCUT2D eigenvalue weighted by molar-refractivity contribution is 0.0691. The number of pyridine rings is 1. The lowest BCUT2D eigenvalue weighted by Gasteiger charge is -2.12. The third-order valence-electron chi connectivity index (χ3n) is 4.01. The van der Waals surface area contributed by atoms with Gasteiger partial charge in [-0.15, -0.1) is 21.5 Å². The molecule has 0 fully saturated rings. The molecule has 3 aromatic heterocycles. The highest BCUT2D eigenvalue weighted by Gasteiger charge is 2.18. The Balaban J connectivity index is 1.72. The Kier molecular flexibility index (Phi) is 5.18. The summed E-state index contributed by atoms with van der Waals surface area (Å²) in [5, 5.41) is 20.8. The molecule has 0 bridgehead atoms. The van der Waals surface area contributed by atoms with Crippen molar-refractivity contribution >= 4 is 29.1 Å². The number of carboxylic acid groups (broad SMARTS) is 1. The van der Waals surface area contributed by atoms with E-state index in [-0.39, 0.29) is 5.69 Å². The molecule has 28 heavy (non-hydrogen) atoms. The van der Waals surface area contributed by atoms with Gasteiger partial charge in [-0.1, -0.05) is 30.0 Å². The first-order valence-corrected chi connectivity index (χ1v) is 10.2. The van der Waals surface area contributed by atoms with E-state index in [1.165, 1.54) is 23.1 Å². The number of para-hydroxylation sites is 1. The molecule has 0 unspecified atom stereocenters. The number of carboxylic acids is 1. The largest absolute Gasteiger partial charge is 0.476 e. The summed E-state index contributed by atoms with van der Waals surface area (Å²) in [6, 6.07) is 11.8. The van der Waals surface area contributed by atoms with Gasteiger partial charge in [0.15, 0.2) is 16.7 Å². The minimum atomic E-state index is -1.02. The van der Waals surface area contributed by atoms with Crippen LogP contribution in [0.15, 0.2) is 59.3 Å². The fourth-order valence-electron chi connectivity index (χ4n) is 2.68. The summed E-state index contributed by atoms with van der Waals surface area (Å²) in [7, 11) is 0. The van der Waals surface area contributed by atoms with Crippen LogP contribution in [0.2, 0.25) is 0 Å². The molecule has 0 aliphatic rings. The Bertz CT molecular complexity index is 1120. The first kappa shape index (κ1) is 18.3. The first-order valence-electron chi connectivity index (χ1n) is 8.36. The lowest BCUT2D eigenvalue weighted by atomic mass is 10.2. The average Bonchev–Trinajstić information content (AvgIpc) is 3.35. The van der Waals surface area contributed by atoms with E-state index < -0.39 is 5.97 Å². The normalized spacial score (nSPS) is 10.9. The van der Waals surface area contributed by atoms with Gasteiger partial charge in [-0.25, -0.2) is 9.78 Å². The molecule has 0 radical (unpaired) electrons. The molecule has 1 aromatic carbocycles. The molecule has 3 heterocycles. The standard InChI is InChI=1S/C19H15N5O2S2/c1-12-5-2-3-7-15(12)24-17(13-6-4-8-20-9-13)22-23-19(24)28-11-16-21-14(10-27-16)18(25)26/h2-10H,11H2,1H3,(H,25,26). The van der Waals surface area contributed by atoms with Crippen molar-refractivity contribution in [2.75, 3.05) is 0 Å². The van der Waals surface area contributed by atoms with Crippen molar-refractivity contribution in [3.63, 3.8) is 0 Å². The highest BCUT2D eigenvalue weighted by Crippen LogP contribution is 2.31. The Hall–Kier alpha value is -3.04. The minimum absolute atomic E-state index is 0.0667. The van der Waals surface area contributed by atoms with Crippen LogP contribution in [0.5, 0.6) is 0 Å². The van der Waals surface area contributed by atoms with Gasteiger partial charge in [0.25, 0.3) is 0 Å². The van der Waals surface area contributed by atoms with Crippen LogP contribution in [0.25, 0.3) is 17.1 Å². The van der Waals surface area contributed by atoms with Gasteiger partial charge in [-0.3, -0.25) is 9.55 Å². The number of carbonyl (C=O) groups is 1. The molecule has 9 heteroatoms. The van der Waals surface area contributed by atoms with E-state index in [0.29, 0.717) is 16.7 Å². The summed E-state index contributed by atoms with van der Waals surface area (Å²) in [5.41, 5.74) is 3.01. The van der Waals surface area contributed by atoms with E-state index in [2.05, 4.69) is 20.2 Å². The maximum atomic E-state index is 11.0. The highest BCUT2D eigenvalue weighted by molar-refractivity contribution is 7.98. The third-order valence-corrected chi connectivity index (χ3v) is 5.98. The van der Waals surface area contributed by atoms with Crippen molar-refractivity contribution in [1.29, 1.82) is 0 Å². The molecule has 0 saturated heterocycles. The van der Waals surface area contributed by atoms with E-state index in [1.807, 2.05) is 47.9 Å². The predicted molar refractivity (Wildman–Crippen MR) is 108 cm³/mol. The van der Waals surface area contributed by atoms with Crippen LogP contribution in [0.1, 0.15) is 21.1 Å². The van der Waals surface area contributed by atoms with Crippen molar-refractivity contribution < 1.29 is 9.90 Å². The summed E-state index contributed by atoms with van der Waals surface area (Å²) in [6.45, 7) is 2.04. The van der Waals surface area contributed by atoms with Crippen LogP contribution in [0, 0.1) is 6.92 Å². The third kappa shape index (κ3) is 3.67. The maximum absolute atomic E-state index is 11.0. The van der Waals surface area contributed by atoms with Crippen molar-refractivity contribution in [1.82, 2.24) is 24.7 Å². The van der Waals surface area contributed by atoms with Gasteiger partial charge in [0.05, 0.1) is 11.4 Å². The van der Waals surface area contributed by atoms with Crippen LogP contribution in [0.4, 0.5) is 0 Å². The second-order valence-corrected chi connectivity index (χ2v) is 7.78. The van der Waals surface area contributed by atoms with Gasteiger partial charge >= 0.3 is 5.97 Å². The first-order chi connectivity index (χ1) is 13.6. The summed E-state index contributed by atoms with van der Waals surface area (Å²) < 4.78 is 2.00. The number of aryl methyl sites for hydroxylation is 1. The summed E-state index contributed by atoms with van der Waals surface area (Å²) in [4.78, 5) is 19.4. The molecule has 7 nitrogen and oxygen atoms in total. The summed E-state index contributed by atoms with van der Waals surface area (Å²) in [6.07, 6.45) is 3.48. The van der Waals surface area contributed by atoms with Crippen molar-refractivity contribution in [2.24, 2.45) is 0 Å². The number of nitrogens with zero attached hydrogens (tertiary/aromatic N) is 5. The Morgan fingerprint density at radius 3 is 2.79 bits per heavy atom. The molecule has 0 saturated carbocycles. The second-order valence-electron chi connectivity index (χ2n) is 5.89. The van der Waals surface area contributed by atoms with Crippen LogP contribution >= 0.6 is 23.1 Å². The smallest absolute Gasteiger partial charge is 0.355 e. The average molecular weight is 409 g/mol. The molecule has 140 valence electrons. The van der Waals surface area contributed by atoms with Crippen LogP contribution in [-0.4, -0.2) is 35.8 Å². The van der Waals surface area contributed by atoms with E-state index >= 15 is 0 Å². The fraction of sp³-hybridized carbons (Fsp3) is 0.105. The molecule has 0 amide bonds. The van der Waals surface area contributed by atoms with Gasteiger partial charge in [0.1, 0.15) is 5.01 Å². The van der Waals surface area contributed by atoms with Crippen molar-refractivity contribution in [2.45, 2.75) is 17.8 Å². The van der Waals surface area contributed by atoms with Gasteiger partial charge in [-0.05, 0) is 30.7 Å². The molecule has 1 N–H and O–H groups in total. The van der Waals surface area contributed by atoms with Crippen LogP contribution in [0.3, 0.4) is 0 Å². The second kappa shape index (κ2) is 7.91. The molecule has 0 atom stereocenters. The highest BCUT2D eigenvalue weighted by atomic mass is 32.2. The number of hydrogen-bond acceptors (Lipinski definition) is 7. The molecule has 0 aliphatic heterocycles. The summed E-state index contributed by atoms with van der Waals surface area (Å²) >= 11 is 2.79. The van der Waals surface area contributed by atoms with E-state index in [9.17, 15) is 4.79 Å². The van der Waals surface area contributed by atoms with E-state index in [0.717, 1.165) is 21.8 Å². The molecular weight excluding hydrogens is 394 g/mol. The number of aromatic nitrogens is 5. The van der Waals surface area contributed by atoms with Crippen molar-refractivity contribution in [3.8, 4) is 17.1 Å². The molecule has 4 rings (SSSR count). The topological polar surface area (TPSA) is 93.8 Å². The molecule has 4 aromatic rings. The fourth-order valence-corrected chi connectivity index (χ4v) is 4.41. The van der Waals surface area contributed by atoms with Crippen molar-refractivity contribution in [3.05, 3.63) is 70.4 Å². The van der Waals surface area contributed by atoms with Gasteiger partial charge in [0, 0.05) is 23.3 Å². The van der Waals surface area contributed by atoms with E-state index in [4.69, 9.17) is 5.11 Å². The van der Waals surface area contributed by atoms with Crippen LogP contribution in [-0.2, 0) is 5.75 Å². The zero-order valence-electron chi connectivity index (χ0n) is 14.8.